The van der Waals surface area contributed by atoms with Gasteiger partial charge in [0.05, 0.1) is 12.1 Å². The van der Waals surface area contributed by atoms with E-state index in [1.54, 1.807) is 6.20 Å². The molecule has 2 N–H and O–H groups in total. The van der Waals surface area contributed by atoms with E-state index in [1.807, 2.05) is 10.9 Å². The first kappa shape index (κ1) is 11.1. The van der Waals surface area contributed by atoms with E-state index >= 15 is 0 Å². The Morgan fingerprint density at radius 2 is 2.50 bits per heavy atom. The highest BCUT2D eigenvalue weighted by Gasteiger charge is 2.34. The summed E-state index contributed by atoms with van der Waals surface area (Å²) in [7, 11) is 0. The van der Waals surface area contributed by atoms with Crippen LogP contribution in [0.1, 0.15) is 24.8 Å². The van der Waals surface area contributed by atoms with Gasteiger partial charge in [0.25, 0.3) is 0 Å². The molecule has 1 aliphatic rings. The van der Waals surface area contributed by atoms with Gasteiger partial charge < -0.3 is 10.4 Å². The van der Waals surface area contributed by atoms with Gasteiger partial charge in [-0.1, -0.05) is 6.92 Å². The molecule has 1 aromatic rings. The Balaban J connectivity index is 2.13. The molecule has 16 heavy (non-hydrogen) atoms. The van der Waals surface area contributed by atoms with Gasteiger partial charge in [0.2, 0.25) is 0 Å². The third-order valence-corrected chi connectivity index (χ3v) is 3.07. The summed E-state index contributed by atoms with van der Waals surface area (Å²) >= 11 is 0. The lowest BCUT2D eigenvalue weighted by Gasteiger charge is -2.11. The van der Waals surface area contributed by atoms with Gasteiger partial charge in [-0.3, -0.25) is 9.48 Å². The number of aromatic nitrogens is 2. The normalized spacial score (nSPS) is 24.8. The number of aryl methyl sites for hydroxylation is 1. The lowest BCUT2D eigenvalue weighted by molar-refractivity contribution is -0.141. The van der Waals surface area contributed by atoms with E-state index in [0.717, 1.165) is 25.1 Å². The molecule has 1 saturated heterocycles. The number of aliphatic carboxylic acids is 1. The van der Waals surface area contributed by atoms with Crippen LogP contribution in [0.2, 0.25) is 0 Å². The van der Waals surface area contributed by atoms with E-state index in [-0.39, 0.29) is 11.8 Å². The van der Waals surface area contributed by atoms with E-state index in [1.165, 1.54) is 0 Å². The average molecular weight is 223 g/mol. The number of nitrogens with zero attached hydrogens (tertiary/aromatic N) is 2. The Morgan fingerprint density at radius 3 is 3.19 bits per heavy atom. The minimum atomic E-state index is -0.724. The molecule has 2 heterocycles. The summed E-state index contributed by atoms with van der Waals surface area (Å²) in [5.74, 6) is -0.986. The topological polar surface area (TPSA) is 67.2 Å². The molecule has 5 nitrogen and oxygen atoms in total. The molecular formula is C11H17N3O2. The summed E-state index contributed by atoms with van der Waals surface area (Å²) in [5.41, 5.74) is 1.03. The molecule has 0 spiro atoms. The van der Waals surface area contributed by atoms with E-state index in [2.05, 4.69) is 17.3 Å². The summed E-state index contributed by atoms with van der Waals surface area (Å²) in [6.45, 7) is 4.27. The smallest absolute Gasteiger partial charge is 0.308 e. The van der Waals surface area contributed by atoms with Crippen molar-refractivity contribution in [2.75, 3.05) is 13.1 Å². The van der Waals surface area contributed by atoms with Crippen molar-refractivity contribution in [3.63, 3.8) is 0 Å². The molecule has 2 unspecified atom stereocenters. The third-order valence-electron chi connectivity index (χ3n) is 3.07. The second-order valence-corrected chi connectivity index (χ2v) is 4.25. The lowest BCUT2D eigenvalue weighted by Crippen LogP contribution is -2.20. The minimum Gasteiger partial charge on any atom is -0.481 e. The fraction of sp³-hybridized carbons (Fsp3) is 0.636. The van der Waals surface area contributed by atoms with Crippen molar-refractivity contribution < 1.29 is 9.90 Å². The predicted molar refractivity (Wildman–Crippen MR) is 59.3 cm³/mol. The van der Waals surface area contributed by atoms with Crippen LogP contribution in [-0.4, -0.2) is 33.9 Å². The van der Waals surface area contributed by atoms with Crippen LogP contribution in [0.3, 0.4) is 0 Å². The molecule has 2 atom stereocenters. The summed E-state index contributed by atoms with van der Waals surface area (Å²) in [6.07, 6.45) is 4.80. The Labute approximate surface area is 94.5 Å². The Bertz CT molecular complexity index is 375. The van der Waals surface area contributed by atoms with Crippen LogP contribution in [0.5, 0.6) is 0 Å². The fourth-order valence-corrected chi connectivity index (χ4v) is 2.21. The second-order valence-electron chi connectivity index (χ2n) is 4.25. The number of carbonyl (C=O) groups is 1. The van der Waals surface area contributed by atoms with Crippen molar-refractivity contribution in [1.82, 2.24) is 15.1 Å². The maximum Gasteiger partial charge on any atom is 0.308 e. The zero-order chi connectivity index (χ0) is 11.5. The first-order valence-corrected chi connectivity index (χ1v) is 5.68. The molecule has 0 bridgehead atoms. The maximum atomic E-state index is 11.1. The van der Waals surface area contributed by atoms with Crippen LogP contribution < -0.4 is 5.32 Å². The van der Waals surface area contributed by atoms with Crippen LogP contribution in [0, 0.1) is 5.92 Å². The summed E-state index contributed by atoms with van der Waals surface area (Å²) < 4.78 is 1.88. The highest BCUT2D eigenvalue weighted by atomic mass is 16.4. The Kier molecular flexibility index (Phi) is 3.24. The number of carboxylic acid groups (broad SMARTS) is 1. The van der Waals surface area contributed by atoms with Crippen molar-refractivity contribution >= 4 is 5.97 Å². The van der Waals surface area contributed by atoms with Gasteiger partial charge in [0, 0.05) is 31.7 Å². The van der Waals surface area contributed by atoms with Crippen molar-refractivity contribution in [2.45, 2.75) is 25.8 Å². The second kappa shape index (κ2) is 4.65. The first-order chi connectivity index (χ1) is 7.72. The van der Waals surface area contributed by atoms with E-state index in [4.69, 9.17) is 5.11 Å². The quantitative estimate of drug-likeness (QED) is 0.787. The molecule has 1 fully saturated rings. The Morgan fingerprint density at radius 1 is 1.69 bits per heavy atom. The van der Waals surface area contributed by atoms with Gasteiger partial charge in [-0.05, 0) is 12.0 Å². The highest BCUT2D eigenvalue weighted by molar-refractivity contribution is 5.72. The van der Waals surface area contributed by atoms with Crippen LogP contribution >= 0.6 is 0 Å². The van der Waals surface area contributed by atoms with Crippen LogP contribution in [0.25, 0.3) is 0 Å². The SMILES string of the molecule is CCCn1cc(C2CNCC2C(=O)O)cn1. The molecule has 0 aromatic carbocycles. The van der Waals surface area contributed by atoms with Gasteiger partial charge in [-0.25, -0.2) is 0 Å². The van der Waals surface area contributed by atoms with Gasteiger partial charge in [-0.15, -0.1) is 0 Å². The first-order valence-electron chi connectivity index (χ1n) is 5.68. The summed E-state index contributed by atoms with van der Waals surface area (Å²) in [4.78, 5) is 11.1. The Hall–Kier alpha value is -1.36. The monoisotopic (exact) mass is 223 g/mol. The van der Waals surface area contributed by atoms with Gasteiger partial charge in [-0.2, -0.15) is 5.10 Å². The highest BCUT2D eigenvalue weighted by Crippen LogP contribution is 2.27. The number of hydrogen-bond donors (Lipinski definition) is 2. The van der Waals surface area contributed by atoms with Crippen LogP contribution in [-0.2, 0) is 11.3 Å². The molecule has 1 aliphatic heterocycles. The molecule has 1 aromatic heterocycles. The van der Waals surface area contributed by atoms with Crippen molar-refractivity contribution in [3.05, 3.63) is 18.0 Å². The minimum absolute atomic E-state index is 0.0584. The largest absolute Gasteiger partial charge is 0.481 e. The molecule has 0 saturated carbocycles. The van der Waals surface area contributed by atoms with Crippen LogP contribution in [0.15, 0.2) is 12.4 Å². The van der Waals surface area contributed by atoms with Crippen molar-refractivity contribution in [2.24, 2.45) is 5.92 Å². The molecule has 88 valence electrons. The molecule has 5 heteroatoms. The number of carboxylic acids is 1. The van der Waals surface area contributed by atoms with Crippen molar-refractivity contribution in [3.8, 4) is 0 Å². The van der Waals surface area contributed by atoms with E-state index < -0.39 is 5.97 Å². The summed E-state index contributed by atoms with van der Waals surface area (Å²) in [5, 5.41) is 16.5. The predicted octanol–water partition coefficient (Wildman–Crippen LogP) is 0.681. The zero-order valence-corrected chi connectivity index (χ0v) is 9.39. The zero-order valence-electron chi connectivity index (χ0n) is 9.39. The van der Waals surface area contributed by atoms with Crippen molar-refractivity contribution in [1.29, 1.82) is 0 Å². The number of nitrogens with one attached hydrogen (secondary N) is 1. The maximum absolute atomic E-state index is 11.1. The lowest BCUT2D eigenvalue weighted by atomic mass is 9.91. The molecule has 0 aliphatic carbocycles. The number of rotatable bonds is 4. The standard InChI is InChI=1S/C11H17N3O2/c1-2-3-14-7-8(4-13-14)9-5-12-6-10(9)11(15)16/h4,7,9-10,12H,2-3,5-6H2,1H3,(H,15,16). The number of hydrogen-bond acceptors (Lipinski definition) is 3. The van der Waals surface area contributed by atoms with Gasteiger partial charge in [0.15, 0.2) is 0 Å². The fourth-order valence-electron chi connectivity index (χ4n) is 2.21. The molecular weight excluding hydrogens is 206 g/mol. The van der Waals surface area contributed by atoms with Crippen LogP contribution in [0.4, 0.5) is 0 Å². The van der Waals surface area contributed by atoms with Gasteiger partial charge in [0.1, 0.15) is 0 Å². The molecule has 2 rings (SSSR count). The van der Waals surface area contributed by atoms with Gasteiger partial charge >= 0.3 is 5.97 Å². The molecule has 0 radical (unpaired) electrons. The average Bonchev–Trinajstić information content (AvgIpc) is 2.83. The van der Waals surface area contributed by atoms with E-state index in [0.29, 0.717) is 6.54 Å². The third kappa shape index (κ3) is 2.09. The molecule has 0 amide bonds. The van der Waals surface area contributed by atoms with E-state index in [9.17, 15) is 4.79 Å². The summed E-state index contributed by atoms with van der Waals surface area (Å²) in [6, 6.07) is 0.